The molecule has 1 aromatic rings. The summed E-state index contributed by atoms with van der Waals surface area (Å²) in [7, 11) is 0. The van der Waals surface area contributed by atoms with Crippen molar-refractivity contribution in [2.75, 3.05) is 6.54 Å². The predicted molar refractivity (Wildman–Crippen MR) is 64.2 cm³/mol. The molecule has 0 radical (unpaired) electrons. The van der Waals surface area contributed by atoms with Gasteiger partial charge in [-0.25, -0.2) is 0 Å². The van der Waals surface area contributed by atoms with Gasteiger partial charge in [-0.2, -0.15) is 5.10 Å². The first-order chi connectivity index (χ1) is 7.54. The van der Waals surface area contributed by atoms with Crippen LogP contribution in [0, 0.1) is 19.8 Å². The molecule has 1 amide bonds. The van der Waals surface area contributed by atoms with Crippen LogP contribution in [-0.2, 0) is 11.3 Å². The van der Waals surface area contributed by atoms with Crippen molar-refractivity contribution in [3.05, 3.63) is 17.5 Å². The maximum atomic E-state index is 11.5. The Hall–Kier alpha value is -1.32. The van der Waals surface area contributed by atoms with E-state index in [-0.39, 0.29) is 11.8 Å². The van der Waals surface area contributed by atoms with Crippen molar-refractivity contribution in [3.8, 4) is 0 Å². The van der Waals surface area contributed by atoms with E-state index in [1.807, 2.05) is 38.4 Å². The molecular formula is C12H21N3O. The number of amides is 1. The van der Waals surface area contributed by atoms with E-state index in [9.17, 15) is 4.79 Å². The van der Waals surface area contributed by atoms with Gasteiger partial charge in [-0.05, 0) is 26.3 Å². The molecule has 1 heterocycles. The summed E-state index contributed by atoms with van der Waals surface area (Å²) in [5, 5.41) is 7.26. The van der Waals surface area contributed by atoms with E-state index < -0.39 is 0 Å². The maximum absolute atomic E-state index is 11.5. The maximum Gasteiger partial charge on any atom is 0.222 e. The number of rotatable bonds is 5. The highest BCUT2D eigenvalue weighted by molar-refractivity contribution is 5.78. The van der Waals surface area contributed by atoms with Crippen LogP contribution in [0.1, 0.15) is 31.7 Å². The molecule has 0 bridgehead atoms. The van der Waals surface area contributed by atoms with Crippen molar-refractivity contribution in [3.63, 3.8) is 0 Å². The van der Waals surface area contributed by atoms with Crippen LogP contribution in [0.3, 0.4) is 0 Å². The zero-order valence-electron chi connectivity index (χ0n) is 10.6. The summed E-state index contributed by atoms with van der Waals surface area (Å²) in [5.74, 6) is 0.226. The van der Waals surface area contributed by atoms with Crippen molar-refractivity contribution in [2.24, 2.45) is 5.92 Å². The highest BCUT2D eigenvalue weighted by Crippen LogP contribution is 2.02. The van der Waals surface area contributed by atoms with Crippen molar-refractivity contribution in [1.29, 1.82) is 0 Å². The van der Waals surface area contributed by atoms with Crippen LogP contribution in [0.4, 0.5) is 0 Å². The molecule has 1 unspecified atom stereocenters. The van der Waals surface area contributed by atoms with Gasteiger partial charge >= 0.3 is 0 Å². The highest BCUT2D eigenvalue weighted by atomic mass is 16.1. The Kier molecular flexibility index (Phi) is 4.52. The molecular weight excluding hydrogens is 202 g/mol. The van der Waals surface area contributed by atoms with E-state index in [4.69, 9.17) is 0 Å². The summed E-state index contributed by atoms with van der Waals surface area (Å²) in [4.78, 5) is 11.5. The molecule has 1 rings (SSSR count). The fourth-order valence-corrected chi connectivity index (χ4v) is 1.55. The zero-order valence-corrected chi connectivity index (χ0v) is 10.6. The molecule has 1 N–H and O–H groups in total. The molecule has 90 valence electrons. The molecule has 1 aromatic heterocycles. The van der Waals surface area contributed by atoms with Crippen molar-refractivity contribution < 1.29 is 4.79 Å². The number of aromatic nitrogens is 2. The second kappa shape index (κ2) is 5.68. The number of nitrogens with one attached hydrogen (secondary N) is 1. The van der Waals surface area contributed by atoms with Crippen molar-refractivity contribution >= 4 is 5.91 Å². The molecule has 0 aliphatic rings. The molecule has 4 heteroatoms. The number of nitrogens with zero attached hydrogens (tertiary/aromatic N) is 2. The van der Waals surface area contributed by atoms with Crippen molar-refractivity contribution in [2.45, 2.75) is 40.7 Å². The molecule has 1 atom stereocenters. The zero-order chi connectivity index (χ0) is 12.1. The number of carbonyl (C=O) groups excluding carboxylic acids is 1. The van der Waals surface area contributed by atoms with Crippen LogP contribution < -0.4 is 5.32 Å². The SMILES string of the molecule is CCC(C)C(=O)NCCn1nc(C)cc1C. The second-order valence-corrected chi connectivity index (χ2v) is 4.25. The summed E-state index contributed by atoms with van der Waals surface area (Å²) in [6.45, 7) is 9.34. The lowest BCUT2D eigenvalue weighted by atomic mass is 10.1. The van der Waals surface area contributed by atoms with Gasteiger partial charge in [0.25, 0.3) is 0 Å². The van der Waals surface area contributed by atoms with Gasteiger partial charge < -0.3 is 5.32 Å². The molecule has 0 aromatic carbocycles. The van der Waals surface area contributed by atoms with Crippen LogP contribution in [0.2, 0.25) is 0 Å². The molecule has 0 aliphatic heterocycles. The van der Waals surface area contributed by atoms with E-state index in [1.165, 1.54) is 0 Å². The van der Waals surface area contributed by atoms with Crippen LogP contribution >= 0.6 is 0 Å². The first kappa shape index (κ1) is 12.7. The molecule has 0 aliphatic carbocycles. The first-order valence-electron chi connectivity index (χ1n) is 5.83. The van der Waals surface area contributed by atoms with Gasteiger partial charge in [-0.1, -0.05) is 13.8 Å². The lowest BCUT2D eigenvalue weighted by molar-refractivity contribution is -0.124. The minimum absolute atomic E-state index is 0.0976. The third-order valence-electron chi connectivity index (χ3n) is 2.79. The third kappa shape index (κ3) is 3.36. The first-order valence-corrected chi connectivity index (χ1v) is 5.83. The smallest absolute Gasteiger partial charge is 0.222 e. The van der Waals surface area contributed by atoms with Gasteiger partial charge in [-0.3, -0.25) is 9.48 Å². The van der Waals surface area contributed by atoms with E-state index in [1.54, 1.807) is 0 Å². The number of aryl methyl sites for hydroxylation is 2. The van der Waals surface area contributed by atoms with E-state index >= 15 is 0 Å². The normalized spacial score (nSPS) is 12.5. The highest BCUT2D eigenvalue weighted by Gasteiger charge is 2.09. The minimum atomic E-state index is 0.0976. The summed E-state index contributed by atoms with van der Waals surface area (Å²) in [5.41, 5.74) is 2.15. The Bertz CT molecular complexity index is 357. The third-order valence-corrected chi connectivity index (χ3v) is 2.79. The van der Waals surface area contributed by atoms with Crippen LogP contribution in [0.25, 0.3) is 0 Å². The Morgan fingerprint density at radius 2 is 2.25 bits per heavy atom. The molecule has 0 saturated heterocycles. The Labute approximate surface area is 97.0 Å². The average molecular weight is 223 g/mol. The van der Waals surface area contributed by atoms with E-state index in [0.29, 0.717) is 6.54 Å². The monoisotopic (exact) mass is 223 g/mol. The minimum Gasteiger partial charge on any atom is -0.354 e. The van der Waals surface area contributed by atoms with E-state index in [0.717, 1.165) is 24.4 Å². The van der Waals surface area contributed by atoms with Gasteiger partial charge in [-0.15, -0.1) is 0 Å². The lowest BCUT2D eigenvalue weighted by Gasteiger charge is -2.10. The Morgan fingerprint density at radius 3 is 2.75 bits per heavy atom. The number of hydrogen-bond donors (Lipinski definition) is 1. The van der Waals surface area contributed by atoms with Crippen LogP contribution in [-0.4, -0.2) is 22.2 Å². The largest absolute Gasteiger partial charge is 0.354 e. The van der Waals surface area contributed by atoms with Crippen molar-refractivity contribution in [1.82, 2.24) is 15.1 Å². The van der Waals surface area contributed by atoms with Gasteiger partial charge in [0.15, 0.2) is 0 Å². The lowest BCUT2D eigenvalue weighted by Crippen LogP contribution is -2.31. The summed E-state index contributed by atoms with van der Waals surface area (Å²) in [6, 6.07) is 2.04. The van der Waals surface area contributed by atoms with Crippen LogP contribution in [0.15, 0.2) is 6.07 Å². The predicted octanol–water partition coefficient (Wildman–Crippen LogP) is 1.66. The summed E-state index contributed by atoms with van der Waals surface area (Å²) >= 11 is 0. The topological polar surface area (TPSA) is 46.9 Å². The van der Waals surface area contributed by atoms with Gasteiger partial charge in [0.2, 0.25) is 5.91 Å². The summed E-state index contributed by atoms with van der Waals surface area (Å²) < 4.78 is 1.92. The number of hydrogen-bond acceptors (Lipinski definition) is 2. The standard InChI is InChI=1S/C12H21N3O/c1-5-9(2)12(16)13-6-7-15-11(4)8-10(3)14-15/h8-9H,5-7H2,1-4H3,(H,13,16). The van der Waals surface area contributed by atoms with Gasteiger partial charge in [0, 0.05) is 18.2 Å². The fraction of sp³-hybridized carbons (Fsp3) is 0.667. The average Bonchev–Trinajstić information content (AvgIpc) is 2.56. The van der Waals surface area contributed by atoms with E-state index in [2.05, 4.69) is 10.4 Å². The Morgan fingerprint density at radius 1 is 1.56 bits per heavy atom. The van der Waals surface area contributed by atoms with Gasteiger partial charge in [0.05, 0.1) is 12.2 Å². The number of carbonyl (C=O) groups is 1. The molecule has 0 saturated carbocycles. The Balaban J connectivity index is 2.36. The second-order valence-electron chi connectivity index (χ2n) is 4.25. The molecule has 4 nitrogen and oxygen atoms in total. The molecule has 16 heavy (non-hydrogen) atoms. The summed E-state index contributed by atoms with van der Waals surface area (Å²) in [6.07, 6.45) is 0.881. The molecule has 0 fully saturated rings. The van der Waals surface area contributed by atoms with Gasteiger partial charge in [0.1, 0.15) is 0 Å². The van der Waals surface area contributed by atoms with Crippen LogP contribution in [0.5, 0.6) is 0 Å². The quantitative estimate of drug-likeness (QED) is 0.825. The molecule has 0 spiro atoms. The fourth-order valence-electron chi connectivity index (χ4n) is 1.55.